The summed E-state index contributed by atoms with van der Waals surface area (Å²) in [5, 5.41) is 11.6. The van der Waals surface area contributed by atoms with Crippen molar-refractivity contribution in [2.45, 2.75) is 12.8 Å². The van der Waals surface area contributed by atoms with Gasteiger partial charge in [-0.2, -0.15) is 0 Å². The van der Waals surface area contributed by atoms with E-state index in [1.807, 2.05) is 42.5 Å². The molecule has 30 heavy (non-hydrogen) atoms. The predicted octanol–water partition coefficient (Wildman–Crippen LogP) is 3.10. The third-order valence-corrected chi connectivity index (χ3v) is 5.35. The zero-order chi connectivity index (χ0) is 20.9. The van der Waals surface area contributed by atoms with Crippen LogP contribution in [0.2, 0.25) is 0 Å². The van der Waals surface area contributed by atoms with Crippen molar-refractivity contribution >= 4 is 23.3 Å². The van der Waals surface area contributed by atoms with Crippen molar-refractivity contribution in [3.63, 3.8) is 0 Å². The molecule has 1 saturated heterocycles. The van der Waals surface area contributed by atoms with Gasteiger partial charge in [0.2, 0.25) is 11.8 Å². The zero-order valence-electron chi connectivity index (χ0n) is 16.5. The summed E-state index contributed by atoms with van der Waals surface area (Å²) in [6, 6.07) is 20.5. The molecule has 3 aromatic rings. The molecule has 3 N–H and O–H groups in total. The van der Waals surface area contributed by atoms with E-state index in [9.17, 15) is 9.59 Å². The number of benzene rings is 2. The number of carbonyl (C=O) groups is 2. The second kappa shape index (κ2) is 8.73. The van der Waals surface area contributed by atoms with Gasteiger partial charge >= 0.3 is 0 Å². The van der Waals surface area contributed by atoms with Crippen LogP contribution in [0, 0.1) is 5.92 Å². The summed E-state index contributed by atoms with van der Waals surface area (Å²) >= 11 is 0. The maximum absolute atomic E-state index is 12.6. The van der Waals surface area contributed by atoms with Gasteiger partial charge in [-0.15, -0.1) is 10.2 Å². The fraction of sp³-hybridized carbons (Fsp3) is 0.217. The van der Waals surface area contributed by atoms with E-state index in [0.717, 1.165) is 43.0 Å². The van der Waals surface area contributed by atoms with E-state index in [2.05, 4.69) is 20.4 Å². The van der Waals surface area contributed by atoms with Gasteiger partial charge in [0.15, 0.2) is 5.82 Å². The smallest absolute Gasteiger partial charge is 0.248 e. The third kappa shape index (κ3) is 4.46. The van der Waals surface area contributed by atoms with Crippen LogP contribution in [0.4, 0.5) is 11.5 Å². The lowest BCUT2D eigenvalue weighted by Gasteiger charge is -2.31. The Hall–Kier alpha value is -3.74. The van der Waals surface area contributed by atoms with Gasteiger partial charge in [-0.3, -0.25) is 9.59 Å². The maximum atomic E-state index is 12.6. The molecule has 0 spiro atoms. The second-order valence-electron chi connectivity index (χ2n) is 7.33. The number of nitrogens with zero attached hydrogens (tertiary/aromatic N) is 3. The summed E-state index contributed by atoms with van der Waals surface area (Å²) in [7, 11) is 0. The van der Waals surface area contributed by atoms with Crippen LogP contribution in [0.25, 0.3) is 11.3 Å². The molecule has 4 rings (SSSR count). The molecule has 0 saturated carbocycles. The molecule has 2 amide bonds. The normalized spacial score (nSPS) is 14.3. The van der Waals surface area contributed by atoms with Crippen molar-refractivity contribution in [1.29, 1.82) is 0 Å². The van der Waals surface area contributed by atoms with Gasteiger partial charge in [0, 0.05) is 35.8 Å². The Kier molecular flexibility index (Phi) is 5.70. The molecule has 0 unspecified atom stereocenters. The highest BCUT2D eigenvalue weighted by atomic mass is 16.2. The highest BCUT2D eigenvalue weighted by molar-refractivity contribution is 5.95. The van der Waals surface area contributed by atoms with Crippen LogP contribution in [0.1, 0.15) is 23.2 Å². The SMILES string of the molecule is NC(=O)c1ccc(NC(=O)C2CCN(c3ccc(-c4ccccc4)nn3)CC2)cc1. The Morgan fingerprint density at radius 1 is 0.900 bits per heavy atom. The van der Waals surface area contributed by atoms with Gasteiger partial charge in [0.05, 0.1) is 5.69 Å². The van der Waals surface area contributed by atoms with Crippen LogP contribution in [-0.4, -0.2) is 35.1 Å². The first-order valence-electron chi connectivity index (χ1n) is 9.95. The van der Waals surface area contributed by atoms with E-state index in [0.29, 0.717) is 11.3 Å². The molecule has 1 aromatic heterocycles. The van der Waals surface area contributed by atoms with Crippen LogP contribution < -0.4 is 16.0 Å². The molecule has 0 radical (unpaired) electrons. The Labute approximate surface area is 174 Å². The molecule has 7 nitrogen and oxygen atoms in total. The van der Waals surface area contributed by atoms with Crippen LogP contribution in [0.3, 0.4) is 0 Å². The molecule has 1 fully saturated rings. The minimum absolute atomic E-state index is 0.00742. The summed E-state index contributed by atoms with van der Waals surface area (Å²) in [4.78, 5) is 25.9. The first-order chi connectivity index (χ1) is 14.6. The van der Waals surface area contributed by atoms with Gasteiger partial charge in [-0.1, -0.05) is 30.3 Å². The lowest BCUT2D eigenvalue weighted by atomic mass is 9.95. The number of amides is 2. The number of piperidine rings is 1. The molecule has 0 aliphatic carbocycles. The monoisotopic (exact) mass is 401 g/mol. The molecule has 0 atom stereocenters. The molecule has 7 heteroatoms. The highest BCUT2D eigenvalue weighted by Gasteiger charge is 2.26. The van der Waals surface area contributed by atoms with Gasteiger partial charge < -0.3 is 16.0 Å². The van der Waals surface area contributed by atoms with Crippen LogP contribution >= 0.6 is 0 Å². The highest BCUT2D eigenvalue weighted by Crippen LogP contribution is 2.24. The summed E-state index contributed by atoms with van der Waals surface area (Å²) in [5.74, 6) is 0.274. The zero-order valence-corrected chi connectivity index (χ0v) is 16.5. The quantitative estimate of drug-likeness (QED) is 0.684. The van der Waals surface area contributed by atoms with Gasteiger partial charge in [-0.25, -0.2) is 0 Å². The van der Waals surface area contributed by atoms with E-state index in [1.54, 1.807) is 24.3 Å². The summed E-state index contributed by atoms with van der Waals surface area (Å²) in [6.45, 7) is 1.50. The lowest BCUT2D eigenvalue weighted by Crippen LogP contribution is -2.38. The largest absolute Gasteiger partial charge is 0.366 e. The van der Waals surface area contributed by atoms with E-state index in [-0.39, 0.29) is 11.8 Å². The van der Waals surface area contributed by atoms with Crippen molar-refractivity contribution in [2.75, 3.05) is 23.3 Å². The number of anilines is 2. The average molecular weight is 401 g/mol. The summed E-state index contributed by atoms with van der Waals surface area (Å²) < 4.78 is 0. The number of aromatic nitrogens is 2. The van der Waals surface area contributed by atoms with Crippen molar-refractivity contribution < 1.29 is 9.59 Å². The minimum Gasteiger partial charge on any atom is -0.366 e. The number of carbonyl (C=O) groups excluding carboxylic acids is 2. The van der Waals surface area contributed by atoms with E-state index in [1.165, 1.54) is 0 Å². The van der Waals surface area contributed by atoms with Crippen LogP contribution in [0.15, 0.2) is 66.7 Å². The van der Waals surface area contributed by atoms with Crippen LogP contribution in [-0.2, 0) is 4.79 Å². The number of primary amides is 1. The third-order valence-electron chi connectivity index (χ3n) is 5.35. The van der Waals surface area contributed by atoms with Crippen molar-refractivity contribution in [3.8, 4) is 11.3 Å². The fourth-order valence-electron chi connectivity index (χ4n) is 3.59. The number of hydrogen-bond acceptors (Lipinski definition) is 5. The molecular weight excluding hydrogens is 378 g/mol. The van der Waals surface area contributed by atoms with Gasteiger partial charge in [-0.05, 0) is 49.2 Å². The summed E-state index contributed by atoms with van der Waals surface area (Å²) in [5.41, 5.74) is 8.20. The molecule has 1 aliphatic rings. The fourth-order valence-corrected chi connectivity index (χ4v) is 3.59. The Morgan fingerprint density at radius 2 is 1.60 bits per heavy atom. The number of rotatable bonds is 5. The van der Waals surface area contributed by atoms with E-state index < -0.39 is 5.91 Å². The number of nitrogens with two attached hydrogens (primary N) is 1. The first kappa shape index (κ1) is 19.6. The Bertz CT molecular complexity index is 1010. The second-order valence-corrected chi connectivity index (χ2v) is 7.33. The number of hydrogen-bond donors (Lipinski definition) is 2. The molecular formula is C23H23N5O2. The van der Waals surface area contributed by atoms with E-state index in [4.69, 9.17) is 5.73 Å². The average Bonchev–Trinajstić information content (AvgIpc) is 2.80. The topological polar surface area (TPSA) is 101 Å². The molecule has 2 heterocycles. The Balaban J connectivity index is 1.32. The molecule has 152 valence electrons. The van der Waals surface area contributed by atoms with Crippen molar-refractivity contribution in [1.82, 2.24) is 10.2 Å². The Morgan fingerprint density at radius 3 is 2.20 bits per heavy atom. The number of nitrogens with one attached hydrogen (secondary N) is 1. The van der Waals surface area contributed by atoms with E-state index >= 15 is 0 Å². The molecule has 2 aromatic carbocycles. The molecule has 0 bridgehead atoms. The van der Waals surface area contributed by atoms with Crippen LogP contribution in [0.5, 0.6) is 0 Å². The molecule has 1 aliphatic heterocycles. The van der Waals surface area contributed by atoms with Crippen molar-refractivity contribution in [2.24, 2.45) is 11.7 Å². The predicted molar refractivity (Wildman–Crippen MR) is 116 cm³/mol. The van der Waals surface area contributed by atoms with Gasteiger partial charge in [0.1, 0.15) is 0 Å². The minimum atomic E-state index is -0.486. The summed E-state index contributed by atoms with van der Waals surface area (Å²) in [6.07, 6.45) is 1.49. The standard InChI is InChI=1S/C23H23N5O2/c24-22(29)17-6-8-19(9-7-17)25-23(30)18-12-14-28(15-13-18)21-11-10-20(26-27-21)16-4-2-1-3-5-16/h1-11,18H,12-15H2,(H2,24,29)(H,25,30). The maximum Gasteiger partial charge on any atom is 0.248 e. The lowest BCUT2D eigenvalue weighted by molar-refractivity contribution is -0.120. The van der Waals surface area contributed by atoms with Gasteiger partial charge in [0.25, 0.3) is 0 Å². The van der Waals surface area contributed by atoms with Crippen molar-refractivity contribution in [3.05, 3.63) is 72.3 Å². The first-order valence-corrected chi connectivity index (χ1v) is 9.95.